The highest BCUT2D eigenvalue weighted by atomic mass is 16.4. The van der Waals surface area contributed by atoms with Crippen molar-refractivity contribution in [3.63, 3.8) is 0 Å². The van der Waals surface area contributed by atoms with E-state index in [9.17, 15) is 19.8 Å². The van der Waals surface area contributed by atoms with Gasteiger partial charge in [-0.25, -0.2) is 0 Å². The SMILES string of the molecule is CC1=CC=C(c2ccc(C)cc2)CC1(C(=O)O)C(=O)O. The summed E-state index contributed by atoms with van der Waals surface area (Å²) in [5.74, 6) is -2.65. The Morgan fingerprint density at radius 3 is 2.05 bits per heavy atom. The molecule has 0 fully saturated rings. The van der Waals surface area contributed by atoms with Crippen LogP contribution in [0.1, 0.15) is 24.5 Å². The van der Waals surface area contributed by atoms with E-state index in [4.69, 9.17) is 0 Å². The monoisotopic (exact) mass is 272 g/mol. The van der Waals surface area contributed by atoms with Crippen LogP contribution in [0.25, 0.3) is 5.57 Å². The normalized spacial score (nSPS) is 17.1. The highest BCUT2D eigenvalue weighted by Gasteiger charge is 2.49. The van der Waals surface area contributed by atoms with Crippen molar-refractivity contribution in [1.29, 1.82) is 0 Å². The summed E-state index contributed by atoms with van der Waals surface area (Å²) in [6.07, 6.45) is 3.34. The number of benzene rings is 1. The lowest BCUT2D eigenvalue weighted by Gasteiger charge is -2.30. The van der Waals surface area contributed by atoms with Gasteiger partial charge in [0.1, 0.15) is 0 Å². The average molecular weight is 272 g/mol. The first-order chi connectivity index (χ1) is 9.37. The molecule has 20 heavy (non-hydrogen) atoms. The van der Waals surface area contributed by atoms with E-state index in [1.807, 2.05) is 31.2 Å². The van der Waals surface area contributed by atoms with Crippen LogP contribution in [0, 0.1) is 12.3 Å². The fourth-order valence-electron chi connectivity index (χ4n) is 2.40. The molecule has 4 nitrogen and oxygen atoms in total. The predicted molar refractivity (Wildman–Crippen MR) is 75.2 cm³/mol. The molecule has 2 N–H and O–H groups in total. The third kappa shape index (κ3) is 2.13. The first-order valence-corrected chi connectivity index (χ1v) is 6.29. The average Bonchev–Trinajstić information content (AvgIpc) is 2.39. The zero-order valence-electron chi connectivity index (χ0n) is 11.4. The fourth-order valence-corrected chi connectivity index (χ4v) is 2.40. The molecule has 0 aliphatic heterocycles. The Morgan fingerprint density at radius 2 is 1.55 bits per heavy atom. The second kappa shape index (κ2) is 4.96. The lowest BCUT2D eigenvalue weighted by molar-refractivity contribution is -0.161. The second-order valence-electron chi connectivity index (χ2n) is 5.10. The molecule has 0 radical (unpaired) electrons. The lowest BCUT2D eigenvalue weighted by atomic mass is 9.71. The molecule has 1 aromatic carbocycles. The molecular formula is C16H16O4. The quantitative estimate of drug-likeness (QED) is 0.830. The molecule has 0 amide bonds. The number of aryl methyl sites for hydroxylation is 1. The van der Waals surface area contributed by atoms with Gasteiger partial charge in [0.25, 0.3) is 0 Å². The minimum atomic E-state index is -1.87. The molecule has 1 aromatic rings. The number of carbonyl (C=O) groups is 2. The van der Waals surface area contributed by atoms with Crippen LogP contribution in [0.5, 0.6) is 0 Å². The third-order valence-corrected chi connectivity index (χ3v) is 3.82. The summed E-state index contributed by atoms with van der Waals surface area (Å²) in [5, 5.41) is 18.8. The number of rotatable bonds is 3. The predicted octanol–water partition coefficient (Wildman–Crippen LogP) is 2.88. The second-order valence-corrected chi connectivity index (χ2v) is 5.10. The number of allylic oxidation sites excluding steroid dienone is 3. The summed E-state index contributed by atoms with van der Waals surface area (Å²) in [7, 11) is 0. The van der Waals surface area contributed by atoms with Gasteiger partial charge >= 0.3 is 11.9 Å². The molecule has 1 aliphatic carbocycles. The van der Waals surface area contributed by atoms with Crippen molar-refractivity contribution in [2.24, 2.45) is 5.41 Å². The van der Waals surface area contributed by atoms with Gasteiger partial charge in [-0.15, -0.1) is 0 Å². The van der Waals surface area contributed by atoms with Crippen molar-refractivity contribution in [2.75, 3.05) is 0 Å². The van der Waals surface area contributed by atoms with Crippen molar-refractivity contribution in [3.8, 4) is 0 Å². The molecule has 0 heterocycles. The van der Waals surface area contributed by atoms with Gasteiger partial charge < -0.3 is 10.2 Å². The van der Waals surface area contributed by atoms with E-state index in [0.717, 1.165) is 16.7 Å². The van der Waals surface area contributed by atoms with E-state index in [1.54, 1.807) is 19.1 Å². The topological polar surface area (TPSA) is 74.6 Å². The summed E-state index contributed by atoms with van der Waals surface area (Å²) >= 11 is 0. The molecule has 0 spiro atoms. The van der Waals surface area contributed by atoms with Gasteiger partial charge in [0.05, 0.1) is 0 Å². The van der Waals surface area contributed by atoms with Crippen LogP contribution in [-0.2, 0) is 9.59 Å². The van der Waals surface area contributed by atoms with Crippen molar-refractivity contribution >= 4 is 17.5 Å². The molecule has 104 valence electrons. The first-order valence-electron chi connectivity index (χ1n) is 6.29. The highest BCUT2D eigenvalue weighted by Crippen LogP contribution is 2.41. The van der Waals surface area contributed by atoms with Gasteiger partial charge in [-0.1, -0.05) is 42.0 Å². The fraction of sp³-hybridized carbons (Fsp3) is 0.250. The lowest BCUT2D eigenvalue weighted by Crippen LogP contribution is -2.41. The van der Waals surface area contributed by atoms with Crippen LogP contribution >= 0.6 is 0 Å². The van der Waals surface area contributed by atoms with E-state index >= 15 is 0 Å². The van der Waals surface area contributed by atoms with E-state index in [0.29, 0.717) is 5.57 Å². The van der Waals surface area contributed by atoms with E-state index in [1.165, 1.54) is 0 Å². The Kier molecular flexibility index (Phi) is 3.49. The summed E-state index contributed by atoms with van der Waals surface area (Å²) in [6, 6.07) is 7.60. The summed E-state index contributed by atoms with van der Waals surface area (Å²) in [6.45, 7) is 3.51. The van der Waals surface area contributed by atoms with Crippen LogP contribution in [0.4, 0.5) is 0 Å². The molecule has 0 atom stereocenters. The van der Waals surface area contributed by atoms with E-state index in [2.05, 4.69) is 0 Å². The van der Waals surface area contributed by atoms with Gasteiger partial charge in [-0.3, -0.25) is 9.59 Å². The first kappa shape index (κ1) is 14.1. The van der Waals surface area contributed by atoms with Gasteiger partial charge in [-0.05, 0) is 30.6 Å². The molecule has 0 bridgehead atoms. The molecule has 0 unspecified atom stereocenters. The Labute approximate surface area is 117 Å². The molecule has 4 heteroatoms. The van der Waals surface area contributed by atoms with Crippen molar-refractivity contribution in [2.45, 2.75) is 20.3 Å². The highest BCUT2D eigenvalue weighted by molar-refractivity contribution is 6.04. The van der Waals surface area contributed by atoms with Gasteiger partial charge in [0.2, 0.25) is 0 Å². The van der Waals surface area contributed by atoms with E-state index in [-0.39, 0.29) is 6.42 Å². The maximum Gasteiger partial charge on any atom is 0.325 e. The zero-order valence-corrected chi connectivity index (χ0v) is 11.4. The van der Waals surface area contributed by atoms with Crippen molar-refractivity contribution < 1.29 is 19.8 Å². The summed E-state index contributed by atoms with van der Waals surface area (Å²) < 4.78 is 0. The van der Waals surface area contributed by atoms with Crippen molar-refractivity contribution in [1.82, 2.24) is 0 Å². The largest absolute Gasteiger partial charge is 0.480 e. The molecule has 0 aromatic heterocycles. The van der Waals surface area contributed by atoms with Gasteiger partial charge in [0.15, 0.2) is 5.41 Å². The Balaban J connectivity index is 2.48. The zero-order chi connectivity index (χ0) is 14.9. The Morgan fingerprint density at radius 1 is 1.00 bits per heavy atom. The molecular weight excluding hydrogens is 256 g/mol. The van der Waals surface area contributed by atoms with Crippen LogP contribution in [0.15, 0.2) is 42.0 Å². The molecule has 1 aliphatic rings. The Hall–Kier alpha value is -2.36. The maximum absolute atomic E-state index is 11.5. The van der Waals surface area contributed by atoms with Gasteiger partial charge in [-0.2, -0.15) is 0 Å². The molecule has 0 saturated heterocycles. The number of carboxylic acid groups (broad SMARTS) is 2. The van der Waals surface area contributed by atoms with Crippen LogP contribution in [0.3, 0.4) is 0 Å². The number of hydrogen-bond acceptors (Lipinski definition) is 2. The number of aliphatic carboxylic acids is 2. The van der Waals surface area contributed by atoms with Gasteiger partial charge in [0, 0.05) is 6.42 Å². The summed E-state index contributed by atoms with van der Waals surface area (Å²) in [5.41, 5.74) is 1.15. The summed E-state index contributed by atoms with van der Waals surface area (Å²) in [4.78, 5) is 23.0. The van der Waals surface area contributed by atoms with Crippen LogP contribution in [0.2, 0.25) is 0 Å². The number of hydrogen-bond donors (Lipinski definition) is 2. The molecule has 2 rings (SSSR count). The molecule has 0 saturated carbocycles. The smallest absolute Gasteiger partial charge is 0.325 e. The Bertz CT molecular complexity index is 606. The van der Waals surface area contributed by atoms with Crippen LogP contribution in [-0.4, -0.2) is 22.2 Å². The minimum absolute atomic E-state index is 0.0386. The number of carboxylic acids is 2. The third-order valence-electron chi connectivity index (χ3n) is 3.82. The van der Waals surface area contributed by atoms with Crippen molar-refractivity contribution in [3.05, 3.63) is 53.1 Å². The maximum atomic E-state index is 11.5. The van der Waals surface area contributed by atoms with Crippen LogP contribution < -0.4 is 0 Å². The van der Waals surface area contributed by atoms with E-state index < -0.39 is 17.4 Å². The minimum Gasteiger partial charge on any atom is -0.480 e. The standard InChI is InChI=1S/C16H16O4/c1-10-3-6-12(7-4-10)13-8-5-11(2)16(9-13,14(17)18)15(19)20/h3-8H,9H2,1-2H3,(H,17,18)(H,19,20).